The number of azo groups is 2. The van der Waals surface area contributed by atoms with Gasteiger partial charge in [-0.1, -0.05) is 90.7 Å². The van der Waals surface area contributed by atoms with Crippen molar-refractivity contribution < 1.29 is 30.0 Å². The second kappa shape index (κ2) is 15.2. The zero-order valence-electron chi connectivity index (χ0n) is 23.6. The predicted molar refractivity (Wildman–Crippen MR) is 167 cm³/mol. The van der Waals surface area contributed by atoms with Crippen LogP contribution in [0.4, 0.5) is 22.7 Å². The number of hydrogen-bond donors (Lipinski definition) is 2. The quantitative estimate of drug-likeness (QED) is 0.139. The van der Waals surface area contributed by atoms with E-state index < -0.39 is 23.3 Å². The number of carbonyl (C=O) groups excluding carboxylic acids is 1. The van der Waals surface area contributed by atoms with Gasteiger partial charge in [0.15, 0.2) is 5.75 Å². The number of benzene rings is 6. The summed E-state index contributed by atoms with van der Waals surface area (Å²) in [6.45, 7) is 0. The summed E-state index contributed by atoms with van der Waals surface area (Å²) in [6, 6.07) is 34.7. The molecule has 0 unspecified atom stereocenters. The first-order valence-electron chi connectivity index (χ1n) is 13.2. The van der Waals surface area contributed by atoms with E-state index in [0.717, 1.165) is 0 Å². The van der Waals surface area contributed by atoms with E-state index in [-0.39, 0.29) is 71.6 Å². The molecule has 0 saturated heterocycles. The summed E-state index contributed by atoms with van der Waals surface area (Å²) >= 11 is 0. The number of aromatic hydroxyl groups is 1. The van der Waals surface area contributed by atoms with Gasteiger partial charge in [0.2, 0.25) is 0 Å². The second-order valence-corrected chi connectivity index (χ2v) is 9.33. The van der Waals surface area contributed by atoms with E-state index in [1.165, 1.54) is 12.1 Å². The molecule has 10 nitrogen and oxygen atoms in total. The van der Waals surface area contributed by atoms with E-state index in [1.807, 2.05) is 24.3 Å². The minimum atomic E-state index is -1.52. The normalized spacial score (nSPS) is 10.8. The number of carboxylic acid groups (broad SMARTS) is 2. The van der Waals surface area contributed by atoms with Crippen LogP contribution in [0, 0.1) is 0 Å². The summed E-state index contributed by atoms with van der Waals surface area (Å²) in [5.41, 5.74) is 0.735. The summed E-state index contributed by atoms with van der Waals surface area (Å²) in [4.78, 5) is 22.4. The third kappa shape index (κ3) is 7.82. The number of carboxylic acids is 2. The van der Waals surface area contributed by atoms with E-state index in [9.17, 15) is 30.0 Å². The second-order valence-electron chi connectivity index (χ2n) is 9.33. The molecule has 6 aromatic carbocycles. The molecule has 0 bridgehead atoms. The maximum absolute atomic E-state index is 12.3. The van der Waals surface area contributed by atoms with Crippen molar-refractivity contribution >= 4 is 105 Å². The zero-order chi connectivity index (χ0) is 31.1. The molecule has 0 fully saturated rings. The van der Waals surface area contributed by atoms with Crippen molar-refractivity contribution in [1.29, 1.82) is 0 Å². The van der Waals surface area contributed by atoms with Gasteiger partial charge in [0.25, 0.3) is 0 Å². The van der Waals surface area contributed by atoms with Gasteiger partial charge in [0.1, 0.15) is 11.3 Å². The number of nitrogens with zero attached hydrogens (tertiary/aromatic N) is 4. The zero-order valence-corrected chi connectivity index (χ0v) is 28.0. The number of phenols is 1. The average molecular weight is 720 g/mol. The minimum absolute atomic E-state index is 0. The van der Waals surface area contributed by atoms with Gasteiger partial charge in [-0.15, -0.1) is 5.11 Å². The maximum Gasteiger partial charge on any atom is 2.00 e. The fourth-order valence-electron chi connectivity index (χ4n) is 4.35. The number of aromatic carboxylic acids is 2. The molecule has 45 heavy (non-hydrogen) atoms. The summed E-state index contributed by atoms with van der Waals surface area (Å²) in [5.74, 6) is -3.81. The van der Waals surface area contributed by atoms with E-state index in [0.29, 0.717) is 32.9 Å². The Morgan fingerprint density at radius 1 is 0.578 bits per heavy atom. The largest absolute Gasteiger partial charge is 2.00 e. The first-order valence-corrected chi connectivity index (χ1v) is 13.2. The van der Waals surface area contributed by atoms with Crippen molar-refractivity contribution in [3.05, 3.63) is 132 Å². The molecule has 2 N–H and O–H groups in total. The van der Waals surface area contributed by atoms with Crippen LogP contribution < -0.4 is 10.2 Å². The molecule has 216 valence electrons. The molecule has 0 aromatic heterocycles. The molecule has 0 aliphatic rings. The van der Waals surface area contributed by atoms with E-state index in [2.05, 4.69) is 20.5 Å². The van der Waals surface area contributed by atoms with Gasteiger partial charge in [0, 0.05) is 10.8 Å². The monoisotopic (exact) mass is 720 g/mol. The van der Waals surface area contributed by atoms with Gasteiger partial charge in [0.05, 0.1) is 23.0 Å². The fourth-order valence-corrected chi connectivity index (χ4v) is 4.35. The standard InChI is InChI=1S/2C17H12N2O3.Ba/c2*20-16-14(17(21)22)10-11-6-4-5-9-13(11)15(16)19-18-12-7-2-1-3-8-12;/h2*1-10,20H,(H,21,22);/q;;+2/p-2. The first-order chi connectivity index (χ1) is 21.3. The SMILES string of the molecule is O=C(O)c1cc2ccccc2c(N=Nc2ccccc2)c1O.O=C([O-])c1cc2ccccc2c(N=Nc2ccccc2)c1[O-].[Ba+2]. The van der Waals surface area contributed by atoms with Crippen molar-refractivity contribution in [2.75, 3.05) is 0 Å². The summed E-state index contributed by atoms with van der Waals surface area (Å²) in [6.07, 6.45) is 0. The van der Waals surface area contributed by atoms with Gasteiger partial charge in [-0.05, 0) is 52.7 Å². The smallest absolute Gasteiger partial charge is 0.871 e. The Balaban J connectivity index is 0.000000200. The summed E-state index contributed by atoms with van der Waals surface area (Å²) in [7, 11) is 0. The number of rotatable bonds is 6. The molecule has 0 radical (unpaired) electrons. The van der Waals surface area contributed by atoms with Crippen LogP contribution in [-0.4, -0.2) is 71.0 Å². The molecular formula is C34H22BaN4O6. The van der Waals surface area contributed by atoms with Gasteiger partial charge in [-0.2, -0.15) is 15.3 Å². The Labute approximate surface area is 297 Å². The van der Waals surface area contributed by atoms with Crippen molar-refractivity contribution in [3.8, 4) is 11.5 Å². The molecule has 0 heterocycles. The Morgan fingerprint density at radius 2 is 1.00 bits per heavy atom. The van der Waals surface area contributed by atoms with Gasteiger partial charge in [-0.3, -0.25) is 0 Å². The maximum atomic E-state index is 12.3. The minimum Gasteiger partial charge on any atom is -0.871 e. The van der Waals surface area contributed by atoms with Crippen molar-refractivity contribution in [3.63, 3.8) is 0 Å². The van der Waals surface area contributed by atoms with Crippen molar-refractivity contribution in [2.24, 2.45) is 20.5 Å². The van der Waals surface area contributed by atoms with E-state index >= 15 is 0 Å². The molecular weight excluding hydrogens is 698 g/mol. The summed E-state index contributed by atoms with van der Waals surface area (Å²) < 4.78 is 0. The topological polar surface area (TPSA) is 170 Å². The molecule has 11 heteroatoms. The van der Waals surface area contributed by atoms with Crippen molar-refractivity contribution in [1.82, 2.24) is 0 Å². The van der Waals surface area contributed by atoms with E-state index in [1.54, 1.807) is 84.9 Å². The molecule has 0 saturated carbocycles. The fraction of sp³-hybridized carbons (Fsp3) is 0. The Bertz CT molecular complexity index is 1900. The number of fused-ring (bicyclic) bond motifs is 2. The van der Waals surface area contributed by atoms with Crippen LogP contribution in [0.1, 0.15) is 20.7 Å². The number of hydrogen-bond acceptors (Lipinski definition) is 9. The van der Waals surface area contributed by atoms with Crippen LogP contribution in [0.15, 0.2) is 142 Å². The average Bonchev–Trinajstić information content (AvgIpc) is 3.04. The molecule has 6 aromatic rings. The van der Waals surface area contributed by atoms with E-state index in [4.69, 9.17) is 0 Å². The molecule has 0 atom stereocenters. The van der Waals surface area contributed by atoms with Crippen LogP contribution in [0.3, 0.4) is 0 Å². The predicted octanol–water partition coefficient (Wildman–Crippen LogP) is 6.97. The van der Waals surface area contributed by atoms with Crippen molar-refractivity contribution in [2.45, 2.75) is 0 Å². The first kappa shape index (κ1) is 33.1. The van der Waals surface area contributed by atoms with Crippen LogP contribution in [-0.2, 0) is 0 Å². The van der Waals surface area contributed by atoms with Gasteiger partial charge in [-0.25, -0.2) is 4.79 Å². The Hall–Kier alpha value is -4.85. The third-order valence-corrected chi connectivity index (χ3v) is 6.46. The molecule has 0 amide bonds. The van der Waals surface area contributed by atoms with Crippen LogP contribution >= 0.6 is 0 Å². The Morgan fingerprint density at radius 3 is 1.49 bits per heavy atom. The van der Waals surface area contributed by atoms with Gasteiger partial charge >= 0.3 is 54.9 Å². The van der Waals surface area contributed by atoms with Crippen LogP contribution in [0.2, 0.25) is 0 Å². The third-order valence-electron chi connectivity index (χ3n) is 6.46. The van der Waals surface area contributed by atoms with Gasteiger partial charge < -0.3 is 25.2 Å². The molecule has 0 spiro atoms. The Kier molecular flexibility index (Phi) is 11.2. The molecule has 0 aliphatic carbocycles. The summed E-state index contributed by atoms with van der Waals surface area (Å²) in [5, 5.41) is 61.3. The number of carbonyl (C=O) groups is 2. The van der Waals surface area contributed by atoms with Crippen LogP contribution in [0.5, 0.6) is 11.5 Å². The van der Waals surface area contributed by atoms with Crippen LogP contribution in [0.25, 0.3) is 21.5 Å². The molecule has 0 aliphatic heterocycles. The molecule has 6 rings (SSSR count).